The fraction of sp³-hybridized carbons (Fsp3) is 0.467. The average molecular weight is 246 g/mol. The van der Waals surface area contributed by atoms with E-state index in [0.717, 1.165) is 18.8 Å². The molecule has 3 rings (SSSR count). The molecule has 0 saturated heterocycles. The van der Waals surface area contributed by atoms with Gasteiger partial charge in [-0.3, -0.25) is 0 Å². The van der Waals surface area contributed by atoms with E-state index in [0.29, 0.717) is 0 Å². The lowest BCUT2D eigenvalue weighted by Gasteiger charge is -2.25. The lowest BCUT2D eigenvalue weighted by Crippen LogP contribution is -2.25. The molecule has 0 amide bonds. The number of ether oxygens (including phenoxy) is 1. The van der Waals surface area contributed by atoms with Crippen LogP contribution >= 0.6 is 11.8 Å². The summed E-state index contributed by atoms with van der Waals surface area (Å²) >= 11 is 2.03. The Morgan fingerprint density at radius 3 is 3.06 bits per heavy atom. The summed E-state index contributed by atoms with van der Waals surface area (Å²) in [7, 11) is 0. The van der Waals surface area contributed by atoms with Gasteiger partial charge in [0, 0.05) is 16.7 Å². The highest BCUT2D eigenvalue weighted by Gasteiger charge is 2.36. The lowest BCUT2D eigenvalue weighted by atomic mass is 9.78. The van der Waals surface area contributed by atoms with Gasteiger partial charge < -0.3 is 4.74 Å². The van der Waals surface area contributed by atoms with E-state index >= 15 is 0 Å². The number of thioether (sulfide) groups is 1. The molecule has 2 aliphatic rings. The molecule has 2 heterocycles. The number of allylic oxidation sites excluding steroid dienone is 1. The quantitative estimate of drug-likeness (QED) is 0.734. The highest BCUT2D eigenvalue weighted by atomic mass is 32.2. The molecular weight excluding hydrogens is 228 g/mol. The number of hydrogen-bond acceptors (Lipinski definition) is 2. The number of fused-ring (bicyclic) bond motifs is 1. The van der Waals surface area contributed by atoms with Crippen molar-refractivity contribution in [2.45, 2.75) is 25.2 Å². The first-order valence-corrected chi connectivity index (χ1v) is 7.41. The molecule has 0 spiro atoms. The highest BCUT2D eigenvalue weighted by molar-refractivity contribution is 7.99. The van der Waals surface area contributed by atoms with Gasteiger partial charge in [0.2, 0.25) is 0 Å². The molecular formula is C15H18OS. The average Bonchev–Trinajstić information content (AvgIpc) is 2.69. The van der Waals surface area contributed by atoms with Crippen molar-refractivity contribution in [3.8, 4) is 5.75 Å². The summed E-state index contributed by atoms with van der Waals surface area (Å²) in [5, 5.41) is 0. The maximum Gasteiger partial charge on any atom is 0.123 e. The maximum atomic E-state index is 5.82. The van der Waals surface area contributed by atoms with Crippen LogP contribution in [0.25, 0.3) is 0 Å². The van der Waals surface area contributed by atoms with Gasteiger partial charge in [0.1, 0.15) is 5.75 Å². The molecule has 0 fully saturated rings. The zero-order valence-corrected chi connectivity index (χ0v) is 11.1. The zero-order valence-electron chi connectivity index (χ0n) is 10.2. The Balaban J connectivity index is 1.85. The number of hydrogen-bond donors (Lipinski definition) is 0. The van der Waals surface area contributed by atoms with E-state index in [1.807, 2.05) is 11.8 Å². The van der Waals surface area contributed by atoms with Crippen molar-refractivity contribution in [2.75, 3.05) is 18.1 Å². The van der Waals surface area contributed by atoms with Gasteiger partial charge in [0.15, 0.2) is 0 Å². The van der Waals surface area contributed by atoms with Gasteiger partial charge in [-0.15, -0.1) is 0 Å². The Morgan fingerprint density at radius 2 is 2.24 bits per heavy atom. The second kappa shape index (κ2) is 4.41. The van der Waals surface area contributed by atoms with Gasteiger partial charge >= 0.3 is 0 Å². The molecule has 2 aliphatic heterocycles. The third-order valence-electron chi connectivity index (χ3n) is 3.76. The van der Waals surface area contributed by atoms with Crippen LogP contribution in [0.3, 0.4) is 0 Å². The van der Waals surface area contributed by atoms with Crippen LogP contribution in [0.4, 0.5) is 0 Å². The molecule has 0 saturated carbocycles. The van der Waals surface area contributed by atoms with Crippen molar-refractivity contribution in [1.82, 2.24) is 0 Å². The molecule has 0 unspecified atom stereocenters. The number of para-hydroxylation sites is 1. The second-order valence-corrected chi connectivity index (χ2v) is 6.36. The zero-order chi connectivity index (χ0) is 11.7. The summed E-state index contributed by atoms with van der Waals surface area (Å²) in [6, 6.07) is 8.49. The van der Waals surface area contributed by atoms with E-state index in [-0.39, 0.29) is 5.41 Å². The van der Waals surface area contributed by atoms with Crippen LogP contribution in [0.15, 0.2) is 35.9 Å². The first-order valence-electron chi connectivity index (χ1n) is 6.26. The highest BCUT2D eigenvalue weighted by Crippen LogP contribution is 2.43. The second-order valence-electron chi connectivity index (χ2n) is 5.21. The predicted molar refractivity (Wildman–Crippen MR) is 73.9 cm³/mol. The fourth-order valence-corrected chi connectivity index (χ4v) is 3.71. The van der Waals surface area contributed by atoms with Crippen molar-refractivity contribution >= 4 is 11.8 Å². The standard InChI is InChI=1S/C15H18OS/c1-15(10-12-6-8-17-9-7-12)11-16-14-5-3-2-4-13(14)15/h2-6H,7-11H2,1H3/t15-/m0/s1. The minimum atomic E-state index is 0.185. The molecule has 0 radical (unpaired) electrons. The Morgan fingerprint density at radius 1 is 1.35 bits per heavy atom. The topological polar surface area (TPSA) is 9.23 Å². The third kappa shape index (κ3) is 2.11. The van der Waals surface area contributed by atoms with Gasteiger partial charge in [0.25, 0.3) is 0 Å². The van der Waals surface area contributed by atoms with Crippen LogP contribution in [0.2, 0.25) is 0 Å². The number of rotatable bonds is 2. The normalized spacial score (nSPS) is 27.2. The first-order chi connectivity index (χ1) is 8.28. The molecule has 0 aliphatic carbocycles. The van der Waals surface area contributed by atoms with Crippen molar-refractivity contribution in [2.24, 2.45) is 0 Å². The Labute approximate surface area is 107 Å². The lowest BCUT2D eigenvalue weighted by molar-refractivity contribution is 0.275. The molecule has 0 N–H and O–H groups in total. The van der Waals surface area contributed by atoms with Gasteiger partial charge in [-0.05, 0) is 24.7 Å². The van der Waals surface area contributed by atoms with Gasteiger partial charge in [-0.1, -0.05) is 36.8 Å². The Kier molecular flexibility index (Phi) is 2.91. The van der Waals surface area contributed by atoms with Crippen LogP contribution in [0, 0.1) is 0 Å². The van der Waals surface area contributed by atoms with Crippen molar-refractivity contribution in [1.29, 1.82) is 0 Å². The van der Waals surface area contributed by atoms with Crippen LogP contribution in [0.5, 0.6) is 5.75 Å². The third-order valence-corrected chi connectivity index (χ3v) is 4.65. The van der Waals surface area contributed by atoms with Gasteiger partial charge in [-0.2, -0.15) is 11.8 Å². The van der Waals surface area contributed by atoms with E-state index in [1.165, 1.54) is 23.5 Å². The first kappa shape index (κ1) is 11.2. The van der Waals surface area contributed by atoms with E-state index in [9.17, 15) is 0 Å². The number of benzene rings is 1. The van der Waals surface area contributed by atoms with Crippen LogP contribution in [-0.4, -0.2) is 18.1 Å². The smallest absolute Gasteiger partial charge is 0.123 e. The van der Waals surface area contributed by atoms with Crippen molar-refractivity contribution < 1.29 is 4.74 Å². The minimum absolute atomic E-state index is 0.185. The molecule has 0 bridgehead atoms. The SMILES string of the molecule is C[C@]1(CC2=CCSCC2)COc2ccccc21. The van der Waals surface area contributed by atoms with Crippen LogP contribution in [-0.2, 0) is 5.41 Å². The molecule has 1 aromatic rings. The molecule has 2 heteroatoms. The van der Waals surface area contributed by atoms with E-state index < -0.39 is 0 Å². The van der Waals surface area contributed by atoms with E-state index in [1.54, 1.807) is 5.57 Å². The van der Waals surface area contributed by atoms with Crippen molar-refractivity contribution in [3.05, 3.63) is 41.5 Å². The maximum absolute atomic E-state index is 5.82. The van der Waals surface area contributed by atoms with Gasteiger partial charge in [-0.25, -0.2) is 0 Å². The molecule has 1 nitrogen and oxygen atoms in total. The largest absolute Gasteiger partial charge is 0.492 e. The summed E-state index contributed by atoms with van der Waals surface area (Å²) in [4.78, 5) is 0. The summed E-state index contributed by atoms with van der Waals surface area (Å²) in [5.41, 5.74) is 3.19. The molecule has 1 atom stereocenters. The van der Waals surface area contributed by atoms with Crippen LogP contribution in [0.1, 0.15) is 25.3 Å². The monoisotopic (exact) mass is 246 g/mol. The summed E-state index contributed by atoms with van der Waals surface area (Å²) in [6.45, 7) is 3.16. The minimum Gasteiger partial charge on any atom is -0.492 e. The predicted octanol–water partition coefficient (Wildman–Crippen LogP) is 3.79. The Bertz CT molecular complexity index is 452. The molecule has 90 valence electrons. The molecule has 1 aromatic carbocycles. The van der Waals surface area contributed by atoms with Gasteiger partial charge in [0.05, 0.1) is 6.61 Å². The Hall–Kier alpha value is -0.890. The molecule has 17 heavy (non-hydrogen) atoms. The van der Waals surface area contributed by atoms with Crippen molar-refractivity contribution in [3.63, 3.8) is 0 Å². The van der Waals surface area contributed by atoms with Crippen LogP contribution < -0.4 is 4.74 Å². The fourth-order valence-electron chi connectivity index (χ4n) is 2.78. The molecule has 0 aromatic heterocycles. The van der Waals surface area contributed by atoms with E-state index in [2.05, 4.69) is 37.3 Å². The van der Waals surface area contributed by atoms with E-state index in [4.69, 9.17) is 4.74 Å². The summed E-state index contributed by atoms with van der Waals surface area (Å²) in [6.07, 6.45) is 4.83. The summed E-state index contributed by atoms with van der Waals surface area (Å²) < 4.78 is 5.82. The summed E-state index contributed by atoms with van der Waals surface area (Å²) in [5.74, 6) is 3.55.